The van der Waals surface area contributed by atoms with E-state index in [2.05, 4.69) is 158 Å². The second-order valence-corrected chi connectivity index (χ2v) is 10.5. The van der Waals surface area contributed by atoms with Gasteiger partial charge in [0.25, 0.3) is 0 Å². The molecule has 0 amide bonds. The van der Waals surface area contributed by atoms with Gasteiger partial charge in [-0.2, -0.15) is 0 Å². The Labute approximate surface area is 233 Å². The Bertz CT molecular complexity index is 2130. The van der Waals surface area contributed by atoms with Crippen molar-refractivity contribution in [2.75, 3.05) is 0 Å². The average Bonchev–Trinajstić information content (AvgIpc) is 3.03. The first-order chi connectivity index (χ1) is 19.8. The largest absolute Gasteiger partial charge is 0.0622 e. The van der Waals surface area contributed by atoms with Gasteiger partial charge in [-0.15, -0.1) is 0 Å². The zero-order chi connectivity index (χ0) is 26.5. The number of hydrogen-bond donors (Lipinski definition) is 0. The van der Waals surface area contributed by atoms with Gasteiger partial charge in [0, 0.05) is 0 Å². The first kappa shape index (κ1) is 22.8. The van der Waals surface area contributed by atoms with Gasteiger partial charge < -0.3 is 0 Å². The SMILES string of the molecule is c1ccc(-c2c3ccccc3c(-c3ccc(-c4cccc5cc6ccccc6cc45)cc3)c3ccccc23)cc1. The minimum absolute atomic E-state index is 1.24. The van der Waals surface area contributed by atoms with E-state index in [1.54, 1.807) is 0 Å². The topological polar surface area (TPSA) is 0 Å². The molecule has 0 N–H and O–H groups in total. The van der Waals surface area contributed by atoms with Crippen molar-refractivity contribution < 1.29 is 0 Å². The van der Waals surface area contributed by atoms with Crippen molar-refractivity contribution in [2.24, 2.45) is 0 Å². The van der Waals surface area contributed by atoms with Crippen molar-refractivity contribution >= 4 is 43.1 Å². The Hall–Kier alpha value is -5.20. The molecular formula is C40H26. The number of benzene rings is 8. The molecule has 0 fully saturated rings. The fraction of sp³-hybridized carbons (Fsp3) is 0. The molecule has 8 aromatic rings. The van der Waals surface area contributed by atoms with Crippen molar-refractivity contribution in [2.45, 2.75) is 0 Å². The maximum Gasteiger partial charge on any atom is -0.00264 e. The summed E-state index contributed by atoms with van der Waals surface area (Å²) in [7, 11) is 0. The summed E-state index contributed by atoms with van der Waals surface area (Å²) in [6.07, 6.45) is 0. The number of fused-ring (bicyclic) bond motifs is 4. The maximum atomic E-state index is 2.33. The summed E-state index contributed by atoms with van der Waals surface area (Å²) in [5.74, 6) is 0. The molecule has 0 spiro atoms. The molecule has 0 aliphatic rings. The van der Waals surface area contributed by atoms with Crippen molar-refractivity contribution in [1.82, 2.24) is 0 Å². The van der Waals surface area contributed by atoms with Gasteiger partial charge in [0.2, 0.25) is 0 Å². The van der Waals surface area contributed by atoms with Crippen molar-refractivity contribution in [1.29, 1.82) is 0 Å². The van der Waals surface area contributed by atoms with Crippen LogP contribution in [0.25, 0.3) is 76.5 Å². The van der Waals surface area contributed by atoms with E-state index < -0.39 is 0 Å². The minimum atomic E-state index is 1.24. The zero-order valence-corrected chi connectivity index (χ0v) is 22.0. The highest BCUT2D eigenvalue weighted by atomic mass is 14.2. The second kappa shape index (κ2) is 9.22. The minimum Gasteiger partial charge on any atom is -0.0622 e. The number of hydrogen-bond acceptors (Lipinski definition) is 0. The van der Waals surface area contributed by atoms with Crippen LogP contribution in [-0.4, -0.2) is 0 Å². The normalized spacial score (nSPS) is 11.5. The molecule has 8 rings (SSSR count). The molecule has 0 radical (unpaired) electrons. The summed E-state index contributed by atoms with van der Waals surface area (Å²) >= 11 is 0. The summed E-state index contributed by atoms with van der Waals surface area (Å²) in [6.45, 7) is 0. The first-order valence-corrected chi connectivity index (χ1v) is 13.9. The second-order valence-electron chi connectivity index (χ2n) is 10.5. The van der Waals surface area contributed by atoms with Crippen LogP contribution in [0.15, 0.2) is 158 Å². The lowest BCUT2D eigenvalue weighted by Gasteiger charge is -2.18. The molecule has 0 aromatic heterocycles. The third-order valence-electron chi connectivity index (χ3n) is 8.23. The van der Waals surface area contributed by atoms with Crippen LogP contribution in [0.5, 0.6) is 0 Å². The Morgan fingerprint density at radius 2 is 0.700 bits per heavy atom. The fourth-order valence-electron chi connectivity index (χ4n) is 6.39. The molecule has 0 aliphatic carbocycles. The van der Waals surface area contributed by atoms with E-state index in [-0.39, 0.29) is 0 Å². The average molecular weight is 507 g/mol. The van der Waals surface area contributed by atoms with Gasteiger partial charge >= 0.3 is 0 Å². The highest BCUT2D eigenvalue weighted by molar-refractivity contribution is 6.21. The third-order valence-corrected chi connectivity index (χ3v) is 8.23. The molecule has 0 bridgehead atoms. The summed E-state index contributed by atoms with van der Waals surface area (Å²) in [4.78, 5) is 0. The Kier molecular flexibility index (Phi) is 5.24. The lowest BCUT2D eigenvalue weighted by Crippen LogP contribution is -1.91. The molecule has 0 nitrogen and oxygen atoms in total. The molecule has 186 valence electrons. The predicted octanol–water partition coefficient (Wildman–Crippen LogP) is 11.3. The van der Waals surface area contributed by atoms with Crippen LogP contribution >= 0.6 is 0 Å². The van der Waals surface area contributed by atoms with E-state index in [4.69, 9.17) is 0 Å². The van der Waals surface area contributed by atoms with E-state index in [1.165, 1.54) is 76.5 Å². The highest BCUT2D eigenvalue weighted by Gasteiger charge is 2.16. The Morgan fingerprint density at radius 3 is 1.30 bits per heavy atom. The summed E-state index contributed by atoms with van der Waals surface area (Å²) in [5.41, 5.74) is 7.58. The Morgan fingerprint density at radius 1 is 0.250 bits per heavy atom. The lowest BCUT2D eigenvalue weighted by atomic mass is 9.85. The van der Waals surface area contributed by atoms with Crippen LogP contribution in [0.4, 0.5) is 0 Å². The van der Waals surface area contributed by atoms with Gasteiger partial charge in [0.05, 0.1) is 0 Å². The summed E-state index contributed by atoms with van der Waals surface area (Å²) < 4.78 is 0. The molecule has 40 heavy (non-hydrogen) atoms. The van der Waals surface area contributed by atoms with Crippen LogP contribution in [0, 0.1) is 0 Å². The Balaban J connectivity index is 1.34. The number of rotatable bonds is 3. The van der Waals surface area contributed by atoms with E-state index >= 15 is 0 Å². The summed E-state index contributed by atoms with van der Waals surface area (Å²) in [5, 5.41) is 10.2. The van der Waals surface area contributed by atoms with Gasteiger partial charge in [-0.1, -0.05) is 146 Å². The molecule has 0 saturated heterocycles. The first-order valence-electron chi connectivity index (χ1n) is 13.9. The molecule has 8 aromatic carbocycles. The van der Waals surface area contributed by atoms with E-state index in [0.717, 1.165) is 0 Å². The smallest absolute Gasteiger partial charge is 0.00264 e. The van der Waals surface area contributed by atoms with Crippen LogP contribution in [-0.2, 0) is 0 Å². The van der Waals surface area contributed by atoms with Crippen molar-refractivity contribution in [3.05, 3.63) is 158 Å². The highest BCUT2D eigenvalue weighted by Crippen LogP contribution is 2.44. The zero-order valence-electron chi connectivity index (χ0n) is 22.0. The van der Waals surface area contributed by atoms with E-state index in [0.29, 0.717) is 0 Å². The van der Waals surface area contributed by atoms with Gasteiger partial charge in [-0.25, -0.2) is 0 Å². The standard InChI is InChI=1S/C40H26/c1-2-11-28(12-3-1)39-34-16-6-8-18-36(34)40(37-19-9-7-17-35(37)39)29-23-21-27(22-24-29)33-20-10-15-32-25-30-13-4-5-14-31(30)26-38(32)33/h1-26H. The molecule has 0 aliphatic heterocycles. The quantitative estimate of drug-likeness (QED) is 0.209. The van der Waals surface area contributed by atoms with Crippen LogP contribution in [0.2, 0.25) is 0 Å². The van der Waals surface area contributed by atoms with E-state index in [1.807, 2.05) is 0 Å². The molecule has 0 unspecified atom stereocenters. The molecule has 0 heteroatoms. The van der Waals surface area contributed by atoms with Crippen molar-refractivity contribution in [3.8, 4) is 33.4 Å². The fourth-order valence-corrected chi connectivity index (χ4v) is 6.39. The van der Waals surface area contributed by atoms with Crippen LogP contribution < -0.4 is 0 Å². The molecule has 0 saturated carbocycles. The summed E-state index contributed by atoms with van der Waals surface area (Å²) in [6, 6.07) is 57.5. The maximum absolute atomic E-state index is 2.33. The predicted molar refractivity (Wildman–Crippen MR) is 173 cm³/mol. The van der Waals surface area contributed by atoms with Gasteiger partial charge in [0.15, 0.2) is 0 Å². The third kappa shape index (κ3) is 3.61. The van der Waals surface area contributed by atoms with Crippen molar-refractivity contribution in [3.63, 3.8) is 0 Å². The molecular weight excluding hydrogens is 480 g/mol. The van der Waals surface area contributed by atoms with Crippen LogP contribution in [0.1, 0.15) is 0 Å². The van der Waals surface area contributed by atoms with E-state index in [9.17, 15) is 0 Å². The lowest BCUT2D eigenvalue weighted by molar-refractivity contribution is 1.63. The van der Waals surface area contributed by atoms with Gasteiger partial charge in [-0.05, 0) is 88.6 Å². The monoisotopic (exact) mass is 506 g/mol. The van der Waals surface area contributed by atoms with Crippen LogP contribution in [0.3, 0.4) is 0 Å². The van der Waals surface area contributed by atoms with Gasteiger partial charge in [0.1, 0.15) is 0 Å². The van der Waals surface area contributed by atoms with Gasteiger partial charge in [-0.3, -0.25) is 0 Å². The molecule has 0 heterocycles. The molecule has 0 atom stereocenters.